The quantitative estimate of drug-likeness (QED) is 0.0465. The molecule has 2 heterocycles. The van der Waals surface area contributed by atoms with Crippen LogP contribution in [0.3, 0.4) is 0 Å². The van der Waals surface area contributed by atoms with Gasteiger partial charge in [-0.2, -0.15) is 26.3 Å². The van der Waals surface area contributed by atoms with Gasteiger partial charge in [-0.3, -0.25) is 4.79 Å². The molecule has 0 spiro atoms. The van der Waals surface area contributed by atoms with Crippen molar-refractivity contribution in [1.29, 1.82) is 0 Å². The Hall–Kier alpha value is -7.61. The fraction of sp³-hybridized carbons (Fsp3) is 0.397. The fourth-order valence-corrected chi connectivity index (χ4v) is 14.9. The SMILES string of the molecule is CCCCCC1CCC(C2CCC(C(=O)Oc3ccc(-c4ccc(C(=O)Oc5cc6c7c(c8c(c6cc5OC)OC(c5ccc(F)cc5)(c5ccc(N6CCCCC6)cc5)C=C8)C(C)(C)c5c-7cc(C(F)(F)F)cc5C(F)(F)F)cc4)cc3)CC2)CC1. The molecule has 3 fully saturated rings. The molecule has 7 aromatic rings. The summed E-state index contributed by atoms with van der Waals surface area (Å²) in [6, 6.07) is 31.3. The van der Waals surface area contributed by atoms with E-state index in [1.807, 2.05) is 36.4 Å². The smallest absolute Gasteiger partial charge is 0.416 e. The average molecular weight is 1190 g/mol. The Bertz CT molecular complexity index is 3720. The van der Waals surface area contributed by atoms with Crippen molar-refractivity contribution in [3.63, 3.8) is 0 Å². The van der Waals surface area contributed by atoms with Crippen molar-refractivity contribution < 1.29 is 59.3 Å². The number of benzene rings is 7. The second-order valence-corrected chi connectivity index (χ2v) is 25.2. The summed E-state index contributed by atoms with van der Waals surface area (Å²) in [5, 5.41) is 0.372. The van der Waals surface area contributed by atoms with E-state index in [1.165, 1.54) is 82.7 Å². The van der Waals surface area contributed by atoms with Gasteiger partial charge in [0, 0.05) is 46.3 Å². The Morgan fingerprint density at radius 1 is 0.655 bits per heavy atom. The summed E-state index contributed by atoms with van der Waals surface area (Å²) in [6.07, 6.45) is 10.8. The molecule has 0 radical (unpaired) electrons. The van der Waals surface area contributed by atoms with Crippen LogP contribution in [0, 0.1) is 29.5 Å². The predicted octanol–water partition coefficient (Wildman–Crippen LogP) is 19.7. The summed E-state index contributed by atoms with van der Waals surface area (Å²) in [5.74, 6) is 1.16. The van der Waals surface area contributed by atoms with Crippen molar-refractivity contribution >= 4 is 34.5 Å². The van der Waals surface area contributed by atoms with Crippen LogP contribution in [0.25, 0.3) is 39.1 Å². The highest BCUT2D eigenvalue weighted by Crippen LogP contribution is 2.62. The first-order chi connectivity index (χ1) is 41.7. The van der Waals surface area contributed by atoms with Gasteiger partial charge in [0.2, 0.25) is 0 Å². The highest BCUT2D eigenvalue weighted by Gasteiger charge is 2.51. The lowest BCUT2D eigenvalue weighted by Crippen LogP contribution is -2.35. The van der Waals surface area contributed by atoms with E-state index in [1.54, 1.807) is 74.5 Å². The van der Waals surface area contributed by atoms with E-state index in [4.69, 9.17) is 18.9 Å². The highest BCUT2D eigenvalue weighted by atomic mass is 19.4. The van der Waals surface area contributed by atoms with Gasteiger partial charge in [0.15, 0.2) is 17.1 Å². The molecule has 1 saturated heterocycles. The van der Waals surface area contributed by atoms with E-state index in [-0.39, 0.29) is 73.8 Å². The molecule has 2 saturated carbocycles. The second kappa shape index (κ2) is 23.8. The lowest BCUT2D eigenvalue weighted by Gasteiger charge is -2.39. The maximum atomic E-state index is 15.3. The van der Waals surface area contributed by atoms with Gasteiger partial charge in [0.05, 0.1) is 29.7 Å². The van der Waals surface area contributed by atoms with Crippen LogP contribution in [0.5, 0.6) is 23.0 Å². The van der Waals surface area contributed by atoms with E-state index in [0.29, 0.717) is 28.4 Å². The van der Waals surface area contributed by atoms with Gasteiger partial charge in [-0.15, -0.1) is 0 Å². The number of anilines is 1. The third kappa shape index (κ3) is 11.6. The number of methoxy groups -OCH3 is 1. The molecular formula is C73H72F7NO6. The van der Waals surface area contributed by atoms with Crippen LogP contribution in [0.2, 0.25) is 0 Å². The number of carbonyl (C=O) groups is 2. The molecule has 87 heavy (non-hydrogen) atoms. The molecule has 0 bridgehead atoms. The van der Waals surface area contributed by atoms with E-state index >= 15 is 13.2 Å². The topological polar surface area (TPSA) is 74.3 Å². The number of nitrogens with zero attached hydrogens (tertiary/aromatic N) is 1. The molecule has 7 aromatic carbocycles. The second-order valence-electron chi connectivity index (χ2n) is 25.2. The zero-order chi connectivity index (χ0) is 61.0. The summed E-state index contributed by atoms with van der Waals surface area (Å²) in [4.78, 5) is 30.0. The Kier molecular flexibility index (Phi) is 16.3. The normalized spacial score (nSPS) is 21.6. The number of hydrogen-bond donors (Lipinski definition) is 0. The third-order valence-electron chi connectivity index (χ3n) is 19.5. The molecule has 0 amide bonds. The van der Waals surface area contributed by atoms with Gasteiger partial charge in [-0.25, -0.2) is 9.18 Å². The maximum Gasteiger partial charge on any atom is 0.416 e. The number of rotatable bonds is 14. The maximum absolute atomic E-state index is 15.3. The number of ether oxygens (including phenoxy) is 4. The summed E-state index contributed by atoms with van der Waals surface area (Å²) in [7, 11) is 1.35. The van der Waals surface area contributed by atoms with Crippen molar-refractivity contribution in [3.05, 3.63) is 178 Å². The molecule has 0 aromatic heterocycles. The number of esters is 2. The molecule has 14 heteroatoms. The number of piperidine rings is 1. The van der Waals surface area contributed by atoms with Crippen LogP contribution in [0.4, 0.5) is 36.4 Å². The van der Waals surface area contributed by atoms with Gasteiger partial charge >= 0.3 is 24.3 Å². The number of alkyl halides is 6. The van der Waals surface area contributed by atoms with Gasteiger partial charge in [0.25, 0.3) is 0 Å². The lowest BCUT2D eigenvalue weighted by molar-refractivity contribution is -0.144. The average Bonchev–Trinajstić information content (AvgIpc) is 1.60. The summed E-state index contributed by atoms with van der Waals surface area (Å²) in [6.45, 7) is 7.14. The number of hydrogen-bond acceptors (Lipinski definition) is 7. The number of halogens is 7. The zero-order valence-corrected chi connectivity index (χ0v) is 49.6. The molecule has 454 valence electrons. The van der Waals surface area contributed by atoms with Gasteiger partial charge in [0.1, 0.15) is 17.3 Å². The predicted molar refractivity (Wildman–Crippen MR) is 325 cm³/mol. The summed E-state index contributed by atoms with van der Waals surface area (Å²) in [5.41, 5.74) is -2.13. The molecule has 1 atom stereocenters. The van der Waals surface area contributed by atoms with Crippen molar-refractivity contribution in [1.82, 2.24) is 0 Å². The van der Waals surface area contributed by atoms with Crippen molar-refractivity contribution in [2.45, 2.75) is 140 Å². The Labute approximate surface area is 503 Å². The van der Waals surface area contributed by atoms with E-state index in [0.717, 1.165) is 92.8 Å². The molecule has 5 aliphatic rings. The third-order valence-corrected chi connectivity index (χ3v) is 19.5. The molecule has 12 rings (SSSR count). The van der Waals surface area contributed by atoms with E-state index in [2.05, 4.69) is 11.8 Å². The van der Waals surface area contributed by atoms with Crippen molar-refractivity contribution in [3.8, 4) is 45.3 Å². The van der Waals surface area contributed by atoms with Gasteiger partial charge in [-0.1, -0.05) is 114 Å². The molecule has 2 aliphatic heterocycles. The van der Waals surface area contributed by atoms with Crippen LogP contribution in [-0.2, 0) is 28.2 Å². The van der Waals surface area contributed by atoms with Crippen LogP contribution < -0.4 is 23.8 Å². The molecule has 0 N–H and O–H groups in total. The Morgan fingerprint density at radius 3 is 1.87 bits per heavy atom. The lowest BCUT2D eigenvalue weighted by atomic mass is 9.68. The Morgan fingerprint density at radius 2 is 1.26 bits per heavy atom. The van der Waals surface area contributed by atoms with E-state index in [9.17, 15) is 27.2 Å². The van der Waals surface area contributed by atoms with Gasteiger partial charge < -0.3 is 23.8 Å². The highest BCUT2D eigenvalue weighted by molar-refractivity contribution is 6.10. The van der Waals surface area contributed by atoms with Crippen LogP contribution in [0.15, 0.2) is 127 Å². The van der Waals surface area contributed by atoms with Crippen molar-refractivity contribution in [2.24, 2.45) is 23.7 Å². The van der Waals surface area contributed by atoms with E-state index < -0.39 is 46.3 Å². The minimum absolute atomic E-state index is 0.0162. The number of carbonyl (C=O) groups excluding carboxylic acids is 2. The van der Waals surface area contributed by atoms with Gasteiger partial charge in [-0.05, 0) is 193 Å². The minimum atomic E-state index is -5.20. The molecule has 1 unspecified atom stereocenters. The summed E-state index contributed by atoms with van der Waals surface area (Å²) < 4.78 is 131. The molecule has 7 nitrogen and oxygen atoms in total. The van der Waals surface area contributed by atoms with Crippen LogP contribution in [0.1, 0.15) is 166 Å². The fourth-order valence-electron chi connectivity index (χ4n) is 14.9. The minimum Gasteiger partial charge on any atom is -0.493 e. The van der Waals surface area contributed by atoms with Crippen LogP contribution in [-0.4, -0.2) is 32.1 Å². The standard InChI is InChI=1S/C73H72F7NO6/c1-5-6-8-11-44-12-14-45(15-13-44)46-16-20-49(21-17-46)68(82)85-56-34-24-48(25-35-56)47-18-22-50(23-19-47)69(83)86-63-42-58-59(43-62(63)84-4)67-57(66-64(58)60-40-53(72(75,76)77)41-61(73(78,79)80)65(60)70(66,2)3)36-37-71(87-67,51-26-30-54(74)31-27-51)52-28-32-55(33-29-52)81-38-9-7-10-39-81/h18-19,22-37,40-46,49H,5-17,20-21,38-39H2,1-4H3. The summed E-state index contributed by atoms with van der Waals surface area (Å²) >= 11 is 0. The first-order valence-corrected chi connectivity index (χ1v) is 30.9. The van der Waals surface area contributed by atoms with Crippen molar-refractivity contribution in [2.75, 3.05) is 25.1 Å². The molecule has 3 aliphatic carbocycles. The monoisotopic (exact) mass is 1190 g/mol. The number of unbranched alkanes of at least 4 members (excludes halogenated alkanes) is 2. The largest absolute Gasteiger partial charge is 0.493 e. The number of fused-ring (bicyclic) bond motifs is 8. The Balaban J connectivity index is 0.843. The first-order valence-electron chi connectivity index (χ1n) is 30.9. The van der Waals surface area contributed by atoms with Crippen LogP contribution >= 0.6 is 0 Å². The first kappa shape index (κ1) is 59.7. The zero-order valence-electron chi connectivity index (χ0n) is 49.6. The molecular weight excluding hydrogens is 1120 g/mol.